The molecule has 0 saturated heterocycles. The predicted molar refractivity (Wildman–Crippen MR) is 213 cm³/mol. The summed E-state index contributed by atoms with van der Waals surface area (Å²) in [5, 5.41) is 10.2. The van der Waals surface area contributed by atoms with E-state index in [4.69, 9.17) is 9.47 Å². The van der Waals surface area contributed by atoms with Crippen LogP contribution in [0.25, 0.3) is 5.69 Å². The van der Waals surface area contributed by atoms with E-state index in [2.05, 4.69) is 205 Å². The minimum atomic E-state index is -3.13. The van der Waals surface area contributed by atoms with Gasteiger partial charge in [0.2, 0.25) is 11.8 Å². The number of nitrogens with zero attached hydrogens (tertiary/aromatic N) is 1. The van der Waals surface area contributed by atoms with Crippen LogP contribution in [0.15, 0.2) is 200 Å². The number of hydrogen-bond acceptors (Lipinski definition) is 2. The zero-order valence-electron chi connectivity index (χ0n) is 27.8. The molecule has 0 spiro atoms. The molecule has 242 valence electrons. The van der Waals surface area contributed by atoms with Crippen molar-refractivity contribution in [1.82, 2.24) is 4.57 Å². The van der Waals surface area contributed by atoms with Crippen LogP contribution >= 0.6 is 0 Å². The third kappa shape index (κ3) is 4.16. The van der Waals surface area contributed by atoms with Gasteiger partial charge in [0.25, 0.3) is 0 Å². The van der Waals surface area contributed by atoms with Crippen LogP contribution in [0.1, 0.15) is 0 Å². The summed E-state index contributed by atoms with van der Waals surface area (Å²) in [4.78, 5) is 0. The second kappa shape index (κ2) is 11.7. The maximum absolute atomic E-state index is 7.32. The van der Waals surface area contributed by atoms with Crippen molar-refractivity contribution in [3.63, 3.8) is 0 Å². The Hall–Kier alpha value is -6.15. The van der Waals surface area contributed by atoms with E-state index in [9.17, 15) is 0 Å². The fourth-order valence-electron chi connectivity index (χ4n) is 8.72. The molecule has 0 atom stereocenters. The quantitative estimate of drug-likeness (QED) is 0.225. The summed E-state index contributed by atoms with van der Waals surface area (Å²) in [6.45, 7) is 0. The highest BCUT2D eigenvalue weighted by atomic mass is 28.3. The van der Waals surface area contributed by atoms with Crippen molar-refractivity contribution in [2.75, 3.05) is 0 Å². The average Bonchev–Trinajstić information content (AvgIpc) is 3.54. The van der Waals surface area contributed by atoms with Gasteiger partial charge in [-0.15, -0.1) is 0 Å². The van der Waals surface area contributed by atoms with Crippen molar-refractivity contribution in [2.45, 2.75) is 0 Å². The molecule has 10 rings (SSSR count). The highest BCUT2D eigenvalue weighted by Gasteiger charge is 2.59. The van der Waals surface area contributed by atoms with Crippen molar-refractivity contribution in [1.29, 1.82) is 0 Å². The largest absolute Gasteiger partial charge is 0.441 e. The van der Waals surface area contributed by atoms with E-state index in [1.54, 1.807) is 0 Å². The number of para-hydroxylation sites is 3. The Kier molecular flexibility index (Phi) is 6.84. The molecule has 0 radical (unpaired) electrons. The molecule has 3 nitrogen and oxygen atoms in total. The SMILES string of the molecule is c1ccc(-n2c3c(c4c2Oc2ccccc2[Si]4(c2ccccc2)c2ccccc2)[Si](c2ccccc2)(c2ccccc2)c2ccccc2O3)cc1. The van der Waals surface area contributed by atoms with Crippen molar-refractivity contribution >= 4 is 57.6 Å². The first-order valence-electron chi connectivity index (χ1n) is 17.4. The van der Waals surface area contributed by atoms with Gasteiger partial charge in [-0.1, -0.05) is 176 Å². The number of aromatic nitrogens is 1. The second-order valence-electron chi connectivity index (χ2n) is 13.2. The molecule has 0 aliphatic carbocycles. The summed E-state index contributed by atoms with van der Waals surface area (Å²) in [7, 11) is -6.27. The van der Waals surface area contributed by atoms with Gasteiger partial charge in [-0.3, -0.25) is 4.57 Å². The Labute approximate surface area is 299 Å². The molecule has 0 fully saturated rings. The summed E-state index contributed by atoms with van der Waals surface area (Å²) < 4.78 is 16.9. The molecular weight excluding hydrogens is 655 g/mol. The third-order valence-electron chi connectivity index (χ3n) is 10.7. The fourth-order valence-corrected chi connectivity index (χ4v) is 19.9. The normalized spacial score (nSPS) is 14.5. The summed E-state index contributed by atoms with van der Waals surface area (Å²) >= 11 is 0. The van der Waals surface area contributed by atoms with E-state index in [1.807, 2.05) is 0 Å². The van der Waals surface area contributed by atoms with Crippen LogP contribution in [0.2, 0.25) is 0 Å². The lowest BCUT2D eigenvalue weighted by Gasteiger charge is -2.43. The van der Waals surface area contributed by atoms with Crippen LogP contribution in [-0.2, 0) is 0 Å². The average molecular weight is 688 g/mol. The van der Waals surface area contributed by atoms with Crippen LogP contribution in [0.4, 0.5) is 0 Å². The van der Waals surface area contributed by atoms with Gasteiger partial charge in [-0.05, 0) is 55.4 Å². The summed E-state index contributed by atoms with van der Waals surface area (Å²) in [5.41, 5.74) is 1.00. The lowest BCUT2D eigenvalue weighted by molar-refractivity contribution is 0.419. The molecular formula is C46H33NO2Si2. The molecule has 0 saturated carbocycles. The Morgan fingerprint density at radius 1 is 0.314 bits per heavy atom. The van der Waals surface area contributed by atoms with Crippen LogP contribution in [0.5, 0.6) is 23.3 Å². The molecule has 0 bridgehead atoms. The van der Waals surface area contributed by atoms with Crippen LogP contribution in [-0.4, -0.2) is 20.7 Å². The van der Waals surface area contributed by atoms with Crippen LogP contribution in [0.3, 0.4) is 0 Å². The molecule has 51 heavy (non-hydrogen) atoms. The van der Waals surface area contributed by atoms with E-state index >= 15 is 0 Å². The Bertz CT molecular complexity index is 2280. The minimum absolute atomic E-state index is 0.834. The van der Waals surface area contributed by atoms with E-state index < -0.39 is 16.1 Å². The van der Waals surface area contributed by atoms with Crippen LogP contribution in [0, 0.1) is 0 Å². The monoisotopic (exact) mass is 687 g/mol. The lowest BCUT2D eigenvalue weighted by atomic mass is 10.3. The maximum Gasteiger partial charge on any atom is 0.207 e. The third-order valence-corrected chi connectivity index (χ3v) is 20.6. The number of benzene rings is 7. The van der Waals surface area contributed by atoms with Gasteiger partial charge in [0, 0.05) is 10.4 Å². The minimum Gasteiger partial charge on any atom is -0.441 e. The highest BCUT2D eigenvalue weighted by Crippen LogP contribution is 2.40. The zero-order chi connectivity index (χ0) is 33.8. The smallest absolute Gasteiger partial charge is 0.207 e. The van der Waals surface area contributed by atoms with Gasteiger partial charge in [-0.2, -0.15) is 0 Å². The zero-order valence-corrected chi connectivity index (χ0v) is 29.8. The van der Waals surface area contributed by atoms with Gasteiger partial charge < -0.3 is 9.47 Å². The first kappa shape index (κ1) is 29.7. The van der Waals surface area contributed by atoms with Crippen molar-refractivity contribution < 1.29 is 9.47 Å². The van der Waals surface area contributed by atoms with Gasteiger partial charge in [0.15, 0.2) is 16.1 Å². The Morgan fingerprint density at radius 3 is 0.961 bits per heavy atom. The van der Waals surface area contributed by atoms with Crippen LogP contribution < -0.4 is 51.0 Å². The standard InChI is InChI=1S/C46H33NO2Si2/c1-6-20-34(21-7-1)47-45-43(50(35-22-8-2-9-23-35,36-24-10-3-11-25-36)41-32-18-16-30-39(41)48-45)44-46(47)49-40-31-17-19-33-42(40)51(44,37-26-12-4-13-27-37)38-28-14-5-15-29-38/h1-33H. The maximum atomic E-state index is 7.32. The summed E-state index contributed by atoms with van der Waals surface area (Å²) in [6.07, 6.45) is 0. The topological polar surface area (TPSA) is 23.4 Å². The first-order chi connectivity index (χ1) is 25.3. The molecule has 7 aromatic carbocycles. The van der Waals surface area contributed by atoms with E-state index in [-0.39, 0.29) is 0 Å². The molecule has 3 heterocycles. The van der Waals surface area contributed by atoms with E-state index in [1.165, 1.54) is 41.5 Å². The molecule has 8 aromatic rings. The summed E-state index contributed by atoms with van der Waals surface area (Å²) in [6, 6.07) is 72.7. The lowest BCUT2D eigenvalue weighted by Crippen LogP contribution is -2.85. The molecule has 0 amide bonds. The molecule has 1 aromatic heterocycles. The number of hydrogen-bond donors (Lipinski definition) is 0. The molecule has 0 N–H and O–H groups in total. The van der Waals surface area contributed by atoms with Gasteiger partial charge in [0.1, 0.15) is 11.5 Å². The Morgan fingerprint density at radius 2 is 0.608 bits per heavy atom. The molecule has 5 heteroatoms. The van der Waals surface area contributed by atoms with E-state index in [0.29, 0.717) is 0 Å². The number of rotatable bonds is 5. The van der Waals surface area contributed by atoms with Crippen molar-refractivity contribution in [3.8, 4) is 28.9 Å². The Balaban J connectivity index is 1.50. The van der Waals surface area contributed by atoms with Gasteiger partial charge >= 0.3 is 0 Å². The van der Waals surface area contributed by atoms with Crippen molar-refractivity contribution in [2.24, 2.45) is 0 Å². The summed E-state index contributed by atoms with van der Waals surface area (Å²) in [5.74, 6) is 3.45. The molecule has 2 aliphatic rings. The number of ether oxygens (including phenoxy) is 2. The predicted octanol–water partition coefficient (Wildman–Crippen LogP) is 5.44. The first-order valence-corrected chi connectivity index (χ1v) is 21.4. The second-order valence-corrected chi connectivity index (χ2v) is 20.6. The molecule has 0 unspecified atom stereocenters. The van der Waals surface area contributed by atoms with Crippen molar-refractivity contribution in [3.05, 3.63) is 200 Å². The van der Waals surface area contributed by atoms with Gasteiger partial charge in [0.05, 0.1) is 5.69 Å². The van der Waals surface area contributed by atoms with E-state index in [0.717, 1.165) is 28.9 Å². The number of fused-ring (bicyclic) bond motifs is 5. The fraction of sp³-hybridized carbons (Fsp3) is 0. The van der Waals surface area contributed by atoms with Gasteiger partial charge in [-0.25, -0.2) is 0 Å². The molecule has 2 aliphatic heterocycles. The highest BCUT2D eigenvalue weighted by molar-refractivity contribution is 7.28.